The Kier molecular flexibility index (Phi) is 3.13. The Bertz CT molecular complexity index is 2730. The molecule has 0 unspecified atom stereocenters. The highest BCUT2D eigenvalue weighted by molar-refractivity contribution is 6.58. The predicted octanol–water partition coefficient (Wildman–Crippen LogP) is 10.9. The van der Waals surface area contributed by atoms with Crippen molar-refractivity contribution in [1.82, 2.24) is 9.97 Å². The molecule has 2 heterocycles. The third-order valence-corrected chi connectivity index (χ3v) is 10.4. The molecular formula is C40H18N2. The molecule has 188 valence electrons. The molecule has 0 aliphatic rings. The lowest BCUT2D eigenvalue weighted by Gasteiger charge is -2.27. The van der Waals surface area contributed by atoms with Gasteiger partial charge in [-0.1, -0.05) is 72.8 Å². The van der Waals surface area contributed by atoms with E-state index < -0.39 is 0 Å². The summed E-state index contributed by atoms with van der Waals surface area (Å²) in [5.41, 5.74) is 0. The third-order valence-electron chi connectivity index (χ3n) is 10.4. The van der Waals surface area contributed by atoms with E-state index in [0.29, 0.717) is 0 Å². The summed E-state index contributed by atoms with van der Waals surface area (Å²) in [5, 5.41) is 29.3. The fourth-order valence-electron chi connectivity index (χ4n) is 9.03. The van der Waals surface area contributed by atoms with Crippen molar-refractivity contribution < 1.29 is 0 Å². The molecule has 0 saturated carbocycles. The molecule has 12 aromatic rings. The highest BCUT2D eigenvalue weighted by Crippen LogP contribution is 2.57. The fraction of sp³-hybridized carbons (Fsp3) is 0. The molecular weight excluding hydrogens is 508 g/mol. The van der Waals surface area contributed by atoms with Gasteiger partial charge in [0.05, 0.1) is 0 Å². The van der Waals surface area contributed by atoms with Gasteiger partial charge in [-0.2, -0.15) is 0 Å². The van der Waals surface area contributed by atoms with Crippen molar-refractivity contribution in [2.24, 2.45) is 0 Å². The van der Waals surface area contributed by atoms with Gasteiger partial charge in [-0.15, -0.1) is 0 Å². The normalized spacial score (nSPS) is 13.2. The summed E-state index contributed by atoms with van der Waals surface area (Å²) in [6.07, 6.45) is 8.06. The van der Waals surface area contributed by atoms with E-state index >= 15 is 0 Å². The second-order valence-electron chi connectivity index (χ2n) is 12.0. The van der Waals surface area contributed by atoms with Crippen LogP contribution in [-0.4, -0.2) is 9.97 Å². The maximum absolute atomic E-state index is 4.65. The van der Waals surface area contributed by atoms with Crippen LogP contribution in [0, 0.1) is 0 Å². The number of fused-ring (bicyclic) bond motifs is 10. The van der Waals surface area contributed by atoms with Crippen molar-refractivity contribution in [2.45, 2.75) is 0 Å². The molecule has 0 radical (unpaired) electrons. The van der Waals surface area contributed by atoms with E-state index in [-0.39, 0.29) is 0 Å². The Balaban J connectivity index is 1.68. The van der Waals surface area contributed by atoms with E-state index in [1.165, 1.54) is 118 Å². The van der Waals surface area contributed by atoms with E-state index in [1.54, 1.807) is 0 Å². The highest BCUT2D eigenvalue weighted by Gasteiger charge is 2.28. The van der Waals surface area contributed by atoms with Crippen LogP contribution in [0.4, 0.5) is 0 Å². The number of rotatable bonds is 0. The Hall–Kier alpha value is -5.60. The minimum absolute atomic E-state index is 1.22. The van der Waals surface area contributed by atoms with E-state index in [1.807, 2.05) is 12.4 Å². The molecule has 10 aromatic carbocycles. The standard InChI is InChI=1S/C40H18N2/c1-5-19-20-6-2-8-22-24-10-4-12-26-30-18-42-16-14-28(30)36-35-27-13-15-41-17-29(27)25-11-3-9-23-21(7-1)31(19)39(37(35)33(23)25)40(32(20)22)38(36)34(24)26/h1-18H. The summed E-state index contributed by atoms with van der Waals surface area (Å²) in [5.74, 6) is 0. The lowest BCUT2D eigenvalue weighted by Crippen LogP contribution is -1.98. The minimum atomic E-state index is 1.22. The Labute approximate surface area is 237 Å². The van der Waals surface area contributed by atoms with Crippen molar-refractivity contribution in [3.05, 3.63) is 110 Å². The number of hydrogen-bond donors (Lipinski definition) is 0. The highest BCUT2D eigenvalue weighted by atomic mass is 14.6. The van der Waals surface area contributed by atoms with Gasteiger partial charge in [-0.05, 0) is 120 Å². The van der Waals surface area contributed by atoms with Gasteiger partial charge in [-0.3, -0.25) is 9.97 Å². The zero-order chi connectivity index (χ0) is 26.8. The predicted molar refractivity (Wildman–Crippen MR) is 179 cm³/mol. The van der Waals surface area contributed by atoms with Gasteiger partial charge >= 0.3 is 0 Å². The summed E-state index contributed by atoms with van der Waals surface area (Å²) in [6.45, 7) is 0. The van der Waals surface area contributed by atoms with Gasteiger partial charge in [0.15, 0.2) is 0 Å². The van der Waals surface area contributed by atoms with Crippen molar-refractivity contribution in [2.75, 3.05) is 0 Å². The molecule has 0 fully saturated rings. The largest absolute Gasteiger partial charge is 0.264 e. The van der Waals surface area contributed by atoms with Gasteiger partial charge in [0, 0.05) is 35.6 Å². The van der Waals surface area contributed by atoms with Crippen LogP contribution >= 0.6 is 0 Å². The van der Waals surface area contributed by atoms with E-state index in [0.717, 1.165) is 0 Å². The smallest absolute Gasteiger partial charge is 0.0352 e. The molecule has 0 saturated heterocycles. The van der Waals surface area contributed by atoms with Crippen LogP contribution in [0.2, 0.25) is 0 Å². The number of nitrogens with zero attached hydrogens (tertiary/aromatic N) is 2. The van der Waals surface area contributed by atoms with Gasteiger partial charge in [-0.25, -0.2) is 0 Å². The molecule has 12 rings (SSSR count). The first kappa shape index (κ1) is 20.3. The number of benzene rings is 10. The summed E-state index contributed by atoms with van der Waals surface area (Å²) in [4.78, 5) is 9.29. The summed E-state index contributed by atoms with van der Waals surface area (Å²) in [7, 11) is 0. The zero-order valence-electron chi connectivity index (χ0n) is 22.3. The summed E-state index contributed by atoms with van der Waals surface area (Å²) < 4.78 is 0. The second kappa shape index (κ2) is 6.48. The monoisotopic (exact) mass is 526 g/mol. The molecule has 0 N–H and O–H groups in total. The molecule has 2 aromatic heterocycles. The maximum Gasteiger partial charge on any atom is 0.0352 e. The Morgan fingerprint density at radius 3 is 0.833 bits per heavy atom. The van der Waals surface area contributed by atoms with Crippen molar-refractivity contribution in [1.29, 1.82) is 0 Å². The minimum Gasteiger partial charge on any atom is -0.264 e. The molecule has 0 aliphatic carbocycles. The van der Waals surface area contributed by atoms with Crippen molar-refractivity contribution >= 4 is 118 Å². The number of aromatic nitrogens is 2. The average molecular weight is 527 g/mol. The summed E-state index contributed by atoms with van der Waals surface area (Å²) >= 11 is 0. The van der Waals surface area contributed by atoms with Crippen molar-refractivity contribution in [3.8, 4) is 0 Å². The van der Waals surface area contributed by atoms with Crippen LogP contribution in [0.3, 0.4) is 0 Å². The van der Waals surface area contributed by atoms with Crippen LogP contribution in [0.15, 0.2) is 110 Å². The lowest BCUT2D eigenvalue weighted by atomic mass is 9.75. The first-order valence-corrected chi connectivity index (χ1v) is 14.6. The maximum atomic E-state index is 4.65. The molecule has 2 heteroatoms. The zero-order valence-corrected chi connectivity index (χ0v) is 22.3. The third kappa shape index (κ3) is 1.95. The van der Waals surface area contributed by atoms with Gasteiger partial charge < -0.3 is 0 Å². The lowest BCUT2D eigenvalue weighted by molar-refractivity contribution is 1.37. The van der Waals surface area contributed by atoms with Gasteiger partial charge in [0.1, 0.15) is 0 Å². The second-order valence-corrected chi connectivity index (χ2v) is 12.0. The topological polar surface area (TPSA) is 25.8 Å². The number of hydrogen-bond acceptors (Lipinski definition) is 2. The molecule has 0 amide bonds. The molecule has 42 heavy (non-hydrogen) atoms. The Morgan fingerprint density at radius 2 is 0.500 bits per heavy atom. The SMILES string of the molecule is c1cc2c3cnccc3c3c4c5ccncc5c5cccc6c7cccc8c9cccc%10c(c1)c2c3c(c%109)c(c78)c4c56. The first-order chi connectivity index (χ1) is 20.9. The summed E-state index contributed by atoms with van der Waals surface area (Å²) in [6, 6.07) is 32.0. The molecule has 0 bridgehead atoms. The molecule has 0 atom stereocenters. The first-order valence-electron chi connectivity index (χ1n) is 14.6. The van der Waals surface area contributed by atoms with E-state index in [4.69, 9.17) is 0 Å². The van der Waals surface area contributed by atoms with Crippen molar-refractivity contribution in [3.63, 3.8) is 0 Å². The Morgan fingerprint density at radius 1 is 0.238 bits per heavy atom. The van der Waals surface area contributed by atoms with Crippen LogP contribution < -0.4 is 0 Å². The van der Waals surface area contributed by atoms with Crippen LogP contribution in [0.1, 0.15) is 0 Å². The molecule has 2 nitrogen and oxygen atoms in total. The van der Waals surface area contributed by atoms with Crippen LogP contribution in [0.5, 0.6) is 0 Å². The van der Waals surface area contributed by atoms with Gasteiger partial charge in [0.2, 0.25) is 0 Å². The van der Waals surface area contributed by atoms with Crippen LogP contribution in [0.25, 0.3) is 118 Å². The van der Waals surface area contributed by atoms with Gasteiger partial charge in [0.25, 0.3) is 0 Å². The molecule has 0 aliphatic heterocycles. The van der Waals surface area contributed by atoms with E-state index in [2.05, 4.69) is 107 Å². The van der Waals surface area contributed by atoms with E-state index in [9.17, 15) is 0 Å². The number of pyridine rings is 2. The average Bonchev–Trinajstić information content (AvgIpc) is 3.06. The quantitative estimate of drug-likeness (QED) is 0.145. The van der Waals surface area contributed by atoms with Crippen LogP contribution in [-0.2, 0) is 0 Å². The fourth-order valence-corrected chi connectivity index (χ4v) is 9.03. The molecule has 0 spiro atoms.